The highest BCUT2D eigenvalue weighted by molar-refractivity contribution is 5.90. The molecule has 7 heteroatoms. The highest BCUT2D eigenvalue weighted by Crippen LogP contribution is 2.22. The SMILES string of the molecule is CC(=O)NCCOc1c(C(=O)O)cnn1-c1ccccc1. The van der Waals surface area contributed by atoms with E-state index in [2.05, 4.69) is 10.4 Å². The van der Waals surface area contributed by atoms with Crippen LogP contribution in [-0.2, 0) is 4.79 Å². The molecule has 1 heterocycles. The van der Waals surface area contributed by atoms with Gasteiger partial charge in [-0.3, -0.25) is 4.79 Å². The maximum absolute atomic E-state index is 11.2. The van der Waals surface area contributed by atoms with Crippen molar-refractivity contribution in [1.82, 2.24) is 15.1 Å². The first-order valence-corrected chi connectivity index (χ1v) is 6.33. The third-order valence-electron chi connectivity index (χ3n) is 2.67. The number of hydrogen-bond acceptors (Lipinski definition) is 4. The second kappa shape index (κ2) is 6.56. The summed E-state index contributed by atoms with van der Waals surface area (Å²) in [5.41, 5.74) is 0.668. The Hall–Kier alpha value is -2.83. The zero-order valence-corrected chi connectivity index (χ0v) is 11.4. The van der Waals surface area contributed by atoms with E-state index in [1.807, 2.05) is 18.2 Å². The van der Waals surface area contributed by atoms with E-state index in [4.69, 9.17) is 9.84 Å². The number of benzene rings is 1. The number of rotatable bonds is 6. The number of carbonyl (C=O) groups excluding carboxylic acids is 1. The number of ether oxygens (including phenoxy) is 1. The second-order valence-corrected chi connectivity index (χ2v) is 4.25. The third kappa shape index (κ3) is 3.59. The highest BCUT2D eigenvalue weighted by atomic mass is 16.5. The van der Waals surface area contributed by atoms with Gasteiger partial charge in [0.25, 0.3) is 0 Å². The molecule has 2 rings (SSSR count). The largest absolute Gasteiger partial charge is 0.477 e. The molecule has 1 aromatic heterocycles. The molecule has 0 aliphatic rings. The molecule has 2 aromatic rings. The molecule has 0 unspecified atom stereocenters. The zero-order chi connectivity index (χ0) is 15.2. The molecule has 0 aliphatic carbocycles. The Labute approximate surface area is 121 Å². The van der Waals surface area contributed by atoms with Crippen LogP contribution in [0.25, 0.3) is 5.69 Å². The number of carboxylic acid groups (broad SMARTS) is 1. The Bertz CT molecular complexity index is 637. The monoisotopic (exact) mass is 289 g/mol. The molecule has 21 heavy (non-hydrogen) atoms. The van der Waals surface area contributed by atoms with Crippen molar-refractivity contribution in [1.29, 1.82) is 0 Å². The molecule has 0 saturated carbocycles. The van der Waals surface area contributed by atoms with Gasteiger partial charge in [-0.1, -0.05) is 18.2 Å². The van der Waals surface area contributed by atoms with Crippen LogP contribution in [-0.4, -0.2) is 39.9 Å². The van der Waals surface area contributed by atoms with Crippen LogP contribution in [0.1, 0.15) is 17.3 Å². The van der Waals surface area contributed by atoms with Gasteiger partial charge < -0.3 is 15.2 Å². The van der Waals surface area contributed by atoms with Crippen molar-refractivity contribution < 1.29 is 19.4 Å². The maximum Gasteiger partial charge on any atom is 0.342 e. The van der Waals surface area contributed by atoms with Crippen molar-refractivity contribution in [3.05, 3.63) is 42.1 Å². The van der Waals surface area contributed by atoms with E-state index in [1.54, 1.807) is 12.1 Å². The molecule has 0 atom stereocenters. The van der Waals surface area contributed by atoms with E-state index in [9.17, 15) is 9.59 Å². The van der Waals surface area contributed by atoms with Crippen molar-refractivity contribution in [3.63, 3.8) is 0 Å². The molecular formula is C14H15N3O4. The third-order valence-corrected chi connectivity index (χ3v) is 2.67. The van der Waals surface area contributed by atoms with Crippen LogP contribution in [0.15, 0.2) is 36.5 Å². The molecule has 7 nitrogen and oxygen atoms in total. The van der Waals surface area contributed by atoms with Crippen molar-refractivity contribution >= 4 is 11.9 Å². The van der Waals surface area contributed by atoms with E-state index in [0.29, 0.717) is 5.69 Å². The molecule has 0 radical (unpaired) electrons. The summed E-state index contributed by atoms with van der Waals surface area (Å²) in [6.45, 7) is 1.84. The predicted octanol–water partition coefficient (Wildman–Crippen LogP) is 1.09. The van der Waals surface area contributed by atoms with Crippen LogP contribution in [0.3, 0.4) is 0 Å². The smallest absolute Gasteiger partial charge is 0.342 e. The summed E-state index contributed by atoms with van der Waals surface area (Å²) in [4.78, 5) is 22.0. The zero-order valence-electron chi connectivity index (χ0n) is 11.4. The minimum absolute atomic E-state index is 0.0262. The summed E-state index contributed by atoms with van der Waals surface area (Å²) < 4.78 is 6.89. The van der Waals surface area contributed by atoms with Gasteiger partial charge in [-0.05, 0) is 12.1 Å². The minimum atomic E-state index is -1.12. The lowest BCUT2D eigenvalue weighted by Gasteiger charge is -2.10. The van der Waals surface area contributed by atoms with E-state index >= 15 is 0 Å². The summed E-state index contributed by atoms with van der Waals surface area (Å²) >= 11 is 0. The van der Waals surface area contributed by atoms with E-state index < -0.39 is 5.97 Å². The van der Waals surface area contributed by atoms with Gasteiger partial charge in [-0.2, -0.15) is 5.10 Å². The fourth-order valence-corrected chi connectivity index (χ4v) is 1.75. The van der Waals surface area contributed by atoms with Crippen molar-refractivity contribution in [2.45, 2.75) is 6.92 Å². The number of nitrogens with one attached hydrogen (secondary N) is 1. The van der Waals surface area contributed by atoms with Gasteiger partial charge in [0.05, 0.1) is 18.4 Å². The average molecular weight is 289 g/mol. The number of nitrogens with zero attached hydrogens (tertiary/aromatic N) is 2. The quantitative estimate of drug-likeness (QED) is 0.776. The molecule has 0 bridgehead atoms. The molecule has 2 N–H and O–H groups in total. The van der Waals surface area contributed by atoms with Crippen LogP contribution in [0.2, 0.25) is 0 Å². The lowest BCUT2D eigenvalue weighted by molar-refractivity contribution is -0.119. The number of amides is 1. The number of para-hydroxylation sites is 1. The first kappa shape index (κ1) is 14.6. The van der Waals surface area contributed by atoms with Gasteiger partial charge in [-0.15, -0.1) is 0 Å². The van der Waals surface area contributed by atoms with Gasteiger partial charge in [-0.25, -0.2) is 9.48 Å². The topological polar surface area (TPSA) is 93.4 Å². The number of carbonyl (C=O) groups is 2. The molecule has 0 saturated heterocycles. The summed E-state index contributed by atoms with van der Waals surface area (Å²) in [7, 11) is 0. The molecular weight excluding hydrogens is 274 g/mol. The Kier molecular flexibility index (Phi) is 4.55. The molecule has 0 spiro atoms. The highest BCUT2D eigenvalue weighted by Gasteiger charge is 2.19. The van der Waals surface area contributed by atoms with Crippen molar-refractivity contribution in [2.24, 2.45) is 0 Å². The van der Waals surface area contributed by atoms with Crippen molar-refractivity contribution in [2.75, 3.05) is 13.2 Å². The van der Waals surface area contributed by atoms with Crippen molar-refractivity contribution in [3.8, 4) is 11.6 Å². The van der Waals surface area contributed by atoms with Gasteiger partial charge >= 0.3 is 5.97 Å². The van der Waals surface area contributed by atoms with Crippen LogP contribution >= 0.6 is 0 Å². The number of carboxylic acids is 1. The lowest BCUT2D eigenvalue weighted by atomic mass is 10.3. The summed E-state index contributed by atoms with van der Waals surface area (Å²) in [6.07, 6.45) is 1.24. The fourth-order valence-electron chi connectivity index (χ4n) is 1.75. The second-order valence-electron chi connectivity index (χ2n) is 4.25. The summed E-state index contributed by atoms with van der Waals surface area (Å²) in [5.74, 6) is -1.15. The normalized spacial score (nSPS) is 10.1. The van der Waals surface area contributed by atoms with E-state index in [1.165, 1.54) is 17.8 Å². The van der Waals surface area contributed by atoms with Gasteiger partial charge in [0.2, 0.25) is 11.8 Å². The van der Waals surface area contributed by atoms with Crippen LogP contribution in [0.5, 0.6) is 5.88 Å². The molecule has 0 fully saturated rings. The maximum atomic E-state index is 11.2. The Morgan fingerprint density at radius 3 is 2.67 bits per heavy atom. The minimum Gasteiger partial charge on any atom is -0.477 e. The summed E-state index contributed by atoms with van der Waals surface area (Å²) in [5, 5.41) is 15.8. The number of aromatic carboxylic acids is 1. The first-order chi connectivity index (χ1) is 10.1. The Balaban J connectivity index is 2.22. The molecule has 1 amide bonds. The summed E-state index contributed by atoms with van der Waals surface area (Å²) in [6, 6.07) is 9.07. The number of aromatic nitrogens is 2. The first-order valence-electron chi connectivity index (χ1n) is 6.33. The van der Waals surface area contributed by atoms with Gasteiger partial charge in [0.15, 0.2) is 0 Å². The Morgan fingerprint density at radius 1 is 1.33 bits per heavy atom. The van der Waals surface area contributed by atoms with Gasteiger partial charge in [0, 0.05) is 6.92 Å². The molecule has 110 valence electrons. The fraction of sp³-hybridized carbons (Fsp3) is 0.214. The van der Waals surface area contributed by atoms with Gasteiger partial charge in [0.1, 0.15) is 12.2 Å². The number of hydrogen-bond donors (Lipinski definition) is 2. The lowest BCUT2D eigenvalue weighted by Crippen LogP contribution is -2.26. The van der Waals surface area contributed by atoms with Crippen LogP contribution in [0, 0.1) is 0 Å². The standard InChI is InChI=1S/C14H15N3O4/c1-10(18)15-7-8-21-13-12(14(19)20)9-16-17(13)11-5-3-2-4-6-11/h2-6,9H,7-8H2,1H3,(H,15,18)(H,19,20). The van der Waals surface area contributed by atoms with E-state index in [0.717, 1.165) is 0 Å². The van der Waals surface area contributed by atoms with E-state index in [-0.39, 0.29) is 30.5 Å². The molecule has 0 aliphatic heterocycles. The average Bonchev–Trinajstić information content (AvgIpc) is 2.88. The predicted molar refractivity (Wildman–Crippen MR) is 74.7 cm³/mol. The Morgan fingerprint density at radius 2 is 2.05 bits per heavy atom. The molecule has 1 aromatic carbocycles. The van der Waals surface area contributed by atoms with Crippen LogP contribution < -0.4 is 10.1 Å². The van der Waals surface area contributed by atoms with Crippen LogP contribution in [0.4, 0.5) is 0 Å².